The zero-order valence-electron chi connectivity index (χ0n) is 18.8. The second-order valence-corrected chi connectivity index (χ2v) is 11.0. The highest BCUT2D eigenvalue weighted by Gasteiger charge is 2.54. The van der Waals surface area contributed by atoms with Crippen LogP contribution in [0.25, 0.3) is 5.69 Å². The average molecular weight is 464 g/mol. The monoisotopic (exact) mass is 463 g/mol. The lowest BCUT2D eigenvalue weighted by Gasteiger charge is -2.59. The maximum Gasteiger partial charge on any atom is 0.151 e. The Kier molecular flexibility index (Phi) is 4.26. The van der Waals surface area contributed by atoms with Crippen LogP contribution in [0, 0.1) is 18.2 Å². The number of halogens is 2. The minimum Gasteiger partial charge on any atom is -0.368 e. The summed E-state index contributed by atoms with van der Waals surface area (Å²) in [6.45, 7) is 5.43. The number of rotatable bonds is 3. The lowest BCUT2D eigenvalue weighted by Crippen LogP contribution is -2.62. The van der Waals surface area contributed by atoms with Gasteiger partial charge in [0.05, 0.1) is 17.9 Å². The molecule has 0 N–H and O–H groups in total. The van der Waals surface area contributed by atoms with Gasteiger partial charge in [-0.2, -0.15) is 0 Å². The Balaban J connectivity index is 1.14. The maximum absolute atomic E-state index is 14.6. The summed E-state index contributed by atoms with van der Waals surface area (Å²) in [6, 6.07) is 12.5. The number of hydrogen-bond donors (Lipinski definition) is 0. The summed E-state index contributed by atoms with van der Waals surface area (Å²) in [4.78, 5) is 4.71. The Bertz CT molecular complexity index is 1250. The van der Waals surface area contributed by atoms with Crippen molar-refractivity contribution in [1.29, 1.82) is 0 Å². The molecular weight excluding hydrogens is 437 g/mol. The van der Waals surface area contributed by atoms with E-state index in [-0.39, 0.29) is 11.2 Å². The molecule has 4 aliphatic rings. The van der Waals surface area contributed by atoms with Gasteiger partial charge in [0.1, 0.15) is 11.6 Å². The van der Waals surface area contributed by atoms with Crippen molar-refractivity contribution in [2.24, 2.45) is 5.41 Å². The Morgan fingerprint density at radius 3 is 2.64 bits per heavy atom. The van der Waals surface area contributed by atoms with Crippen LogP contribution in [0.3, 0.4) is 0 Å². The van der Waals surface area contributed by atoms with E-state index in [1.807, 2.05) is 31.2 Å². The van der Waals surface area contributed by atoms with Crippen LogP contribution in [0.4, 0.5) is 10.1 Å². The molecule has 7 rings (SSSR count). The number of aryl methyl sites for hydroxylation is 1. The third-order valence-electron chi connectivity index (χ3n) is 8.11. The van der Waals surface area contributed by atoms with Crippen LogP contribution >= 0.6 is 11.6 Å². The average Bonchev–Trinajstić information content (AvgIpc) is 3.52. The van der Waals surface area contributed by atoms with Crippen molar-refractivity contribution in [3.05, 3.63) is 70.0 Å². The number of benzene rings is 2. The van der Waals surface area contributed by atoms with Gasteiger partial charge in [-0.1, -0.05) is 23.7 Å². The summed E-state index contributed by atoms with van der Waals surface area (Å²) >= 11 is 6.37. The van der Waals surface area contributed by atoms with Crippen molar-refractivity contribution >= 4 is 17.3 Å². The van der Waals surface area contributed by atoms with Crippen LogP contribution in [0.5, 0.6) is 0 Å². The summed E-state index contributed by atoms with van der Waals surface area (Å²) in [6.07, 6.45) is 4.70. The quantitative estimate of drug-likeness (QED) is 0.533. The van der Waals surface area contributed by atoms with Gasteiger partial charge < -0.3 is 4.90 Å². The van der Waals surface area contributed by atoms with Crippen LogP contribution in [-0.2, 0) is 13.1 Å². The van der Waals surface area contributed by atoms with E-state index in [1.165, 1.54) is 24.1 Å². The van der Waals surface area contributed by atoms with Gasteiger partial charge >= 0.3 is 0 Å². The lowest BCUT2D eigenvalue weighted by molar-refractivity contribution is 0.0582. The minimum atomic E-state index is -0.0820. The standard InChI is InChI=1S/C26H27ClFN5/c1-16-3-2-4-22(24(16)28)32-14-26(15-32)10-18(11-26)25-30-29-23-13-31(20-6-7-20)12-17-9-19(27)5-8-21(17)33(23)25/h2-5,8-9,18,20H,6-7,10-15H2,1H3. The molecule has 0 atom stereocenters. The minimum absolute atomic E-state index is 0.0820. The molecule has 1 saturated heterocycles. The Morgan fingerprint density at radius 1 is 1.03 bits per heavy atom. The summed E-state index contributed by atoms with van der Waals surface area (Å²) < 4.78 is 16.9. The fraction of sp³-hybridized carbons (Fsp3) is 0.462. The fourth-order valence-corrected chi connectivity index (χ4v) is 6.44. The van der Waals surface area contributed by atoms with Gasteiger partial charge in [0.15, 0.2) is 5.82 Å². The molecule has 3 fully saturated rings. The smallest absolute Gasteiger partial charge is 0.151 e. The van der Waals surface area contributed by atoms with Gasteiger partial charge in [-0.3, -0.25) is 9.47 Å². The number of aromatic nitrogens is 3. The number of anilines is 1. The molecule has 2 aliphatic heterocycles. The fourth-order valence-electron chi connectivity index (χ4n) is 6.25. The number of hydrogen-bond acceptors (Lipinski definition) is 4. The van der Waals surface area contributed by atoms with Gasteiger partial charge in [0.25, 0.3) is 0 Å². The molecule has 3 aromatic rings. The number of fused-ring (bicyclic) bond motifs is 3. The van der Waals surface area contributed by atoms with Gasteiger partial charge in [0.2, 0.25) is 0 Å². The third kappa shape index (κ3) is 3.14. The highest BCUT2D eigenvalue weighted by Crippen LogP contribution is 2.57. The highest BCUT2D eigenvalue weighted by molar-refractivity contribution is 6.30. The molecule has 2 saturated carbocycles. The van der Waals surface area contributed by atoms with Crippen molar-refractivity contribution in [2.45, 2.75) is 57.7 Å². The Labute approximate surface area is 198 Å². The molecule has 1 spiro atoms. The third-order valence-corrected chi connectivity index (χ3v) is 8.34. The summed E-state index contributed by atoms with van der Waals surface area (Å²) in [7, 11) is 0. The van der Waals surface area contributed by atoms with E-state index in [4.69, 9.17) is 16.7 Å². The molecule has 5 nitrogen and oxygen atoms in total. The lowest BCUT2D eigenvalue weighted by atomic mass is 9.57. The van der Waals surface area contributed by atoms with Gasteiger partial charge in [-0.05, 0) is 68.0 Å². The van der Waals surface area contributed by atoms with Crippen molar-refractivity contribution in [1.82, 2.24) is 19.7 Å². The first kappa shape index (κ1) is 20.0. The maximum atomic E-state index is 14.6. The van der Waals surface area contributed by atoms with Gasteiger partial charge in [0, 0.05) is 42.0 Å². The molecule has 2 aliphatic carbocycles. The van der Waals surface area contributed by atoms with E-state index in [0.29, 0.717) is 17.5 Å². The predicted molar refractivity (Wildman–Crippen MR) is 126 cm³/mol. The first-order valence-electron chi connectivity index (χ1n) is 12.0. The normalized spacial score (nSPS) is 21.8. The molecule has 3 heterocycles. The zero-order valence-corrected chi connectivity index (χ0v) is 19.5. The van der Waals surface area contributed by atoms with E-state index in [2.05, 4.69) is 31.6 Å². The summed E-state index contributed by atoms with van der Waals surface area (Å²) in [5, 5.41) is 10.1. The van der Waals surface area contributed by atoms with Crippen LogP contribution < -0.4 is 4.90 Å². The van der Waals surface area contributed by atoms with E-state index >= 15 is 0 Å². The molecule has 0 unspecified atom stereocenters. The van der Waals surface area contributed by atoms with Crippen LogP contribution in [0.15, 0.2) is 36.4 Å². The molecule has 0 radical (unpaired) electrons. The van der Waals surface area contributed by atoms with Gasteiger partial charge in [-0.15, -0.1) is 10.2 Å². The van der Waals surface area contributed by atoms with Crippen LogP contribution in [0.2, 0.25) is 5.02 Å². The van der Waals surface area contributed by atoms with Gasteiger partial charge in [-0.25, -0.2) is 4.39 Å². The Morgan fingerprint density at radius 2 is 1.85 bits per heavy atom. The molecule has 1 aromatic heterocycles. The molecule has 7 heteroatoms. The van der Waals surface area contributed by atoms with Crippen molar-refractivity contribution in [3.8, 4) is 5.69 Å². The summed E-state index contributed by atoms with van der Waals surface area (Å²) in [5.41, 5.74) is 4.17. The molecule has 0 amide bonds. The topological polar surface area (TPSA) is 37.2 Å². The first-order valence-corrected chi connectivity index (χ1v) is 12.3. The molecule has 0 bridgehead atoms. The molecular formula is C26H27ClFN5. The van der Waals surface area contributed by atoms with E-state index in [0.717, 1.165) is 61.4 Å². The Hall–Kier alpha value is -2.44. The largest absolute Gasteiger partial charge is 0.368 e. The van der Waals surface area contributed by atoms with Crippen molar-refractivity contribution in [3.63, 3.8) is 0 Å². The van der Waals surface area contributed by atoms with E-state index < -0.39 is 0 Å². The SMILES string of the molecule is Cc1cccc(N2CC3(CC(c4nnc5n4-c4ccc(Cl)cc4CN(C4CC4)C5)C3)C2)c1F. The number of nitrogens with zero attached hydrogens (tertiary/aromatic N) is 5. The predicted octanol–water partition coefficient (Wildman–Crippen LogP) is 5.23. The van der Waals surface area contributed by atoms with Crippen molar-refractivity contribution in [2.75, 3.05) is 18.0 Å². The van der Waals surface area contributed by atoms with Crippen LogP contribution in [0.1, 0.15) is 54.4 Å². The molecule has 170 valence electrons. The van der Waals surface area contributed by atoms with Crippen molar-refractivity contribution < 1.29 is 4.39 Å². The van der Waals surface area contributed by atoms with E-state index in [9.17, 15) is 4.39 Å². The zero-order chi connectivity index (χ0) is 22.3. The first-order chi connectivity index (χ1) is 16.0. The van der Waals surface area contributed by atoms with E-state index in [1.54, 1.807) is 0 Å². The second kappa shape index (κ2) is 7.03. The summed E-state index contributed by atoms with van der Waals surface area (Å²) in [5.74, 6) is 2.43. The molecule has 33 heavy (non-hydrogen) atoms. The van der Waals surface area contributed by atoms with Crippen LogP contribution in [-0.4, -0.2) is 38.8 Å². The highest BCUT2D eigenvalue weighted by atomic mass is 35.5. The molecule has 2 aromatic carbocycles. The second-order valence-electron chi connectivity index (χ2n) is 10.6.